The van der Waals surface area contributed by atoms with Crippen molar-refractivity contribution in [3.05, 3.63) is 0 Å². The van der Waals surface area contributed by atoms with Crippen molar-refractivity contribution in [2.24, 2.45) is 5.92 Å². The summed E-state index contributed by atoms with van der Waals surface area (Å²) in [6.45, 7) is 2.02. The Labute approximate surface area is 101 Å². The summed E-state index contributed by atoms with van der Waals surface area (Å²) in [4.78, 5) is 14.6. The third-order valence-corrected chi connectivity index (χ3v) is 4.70. The topological polar surface area (TPSA) is 32.3 Å². The first-order valence-corrected chi connectivity index (χ1v) is 7.61. The number of hydrogen-bond donors (Lipinski definition) is 1. The molecule has 0 aromatic heterocycles. The summed E-state index contributed by atoms with van der Waals surface area (Å²) >= 11 is 1.91. The van der Waals surface area contributed by atoms with Crippen molar-refractivity contribution in [2.45, 2.75) is 37.8 Å². The second-order valence-electron chi connectivity index (χ2n) is 5.25. The van der Waals surface area contributed by atoms with Crippen LogP contribution in [0.15, 0.2) is 0 Å². The Morgan fingerprint density at radius 2 is 2.12 bits per heavy atom. The number of nitrogens with zero attached hydrogens (tertiary/aromatic N) is 1. The Bertz CT molecular complexity index is 270. The van der Waals surface area contributed by atoms with Gasteiger partial charge < -0.3 is 10.2 Å². The lowest BCUT2D eigenvalue weighted by molar-refractivity contribution is -0.133. The lowest BCUT2D eigenvalue weighted by atomic mass is 10.2. The lowest BCUT2D eigenvalue weighted by Gasteiger charge is -2.30. The molecule has 3 nitrogen and oxygen atoms in total. The van der Waals surface area contributed by atoms with Gasteiger partial charge in [-0.3, -0.25) is 4.79 Å². The molecule has 2 aliphatic carbocycles. The summed E-state index contributed by atoms with van der Waals surface area (Å²) in [5.41, 5.74) is 0. The summed E-state index contributed by atoms with van der Waals surface area (Å²) in [7, 11) is 0. The van der Waals surface area contributed by atoms with Crippen LogP contribution in [0.5, 0.6) is 0 Å². The Morgan fingerprint density at radius 1 is 1.31 bits per heavy atom. The van der Waals surface area contributed by atoms with Gasteiger partial charge in [-0.1, -0.05) is 0 Å². The fourth-order valence-electron chi connectivity index (χ4n) is 2.31. The molecule has 2 saturated carbocycles. The molecule has 0 spiro atoms. The first-order chi connectivity index (χ1) is 7.84. The van der Waals surface area contributed by atoms with Crippen molar-refractivity contribution in [3.8, 4) is 0 Å². The van der Waals surface area contributed by atoms with Gasteiger partial charge in [-0.15, -0.1) is 0 Å². The van der Waals surface area contributed by atoms with Gasteiger partial charge in [-0.2, -0.15) is 11.8 Å². The SMILES string of the molecule is O=C(C1CSCCN1)N(CC1CC1)C1CC1. The molecule has 16 heavy (non-hydrogen) atoms. The molecule has 1 unspecified atom stereocenters. The second kappa shape index (κ2) is 4.57. The zero-order valence-electron chi connectivity index (χ0n) is 9.65. The Hall–Kier alpha value is -0.220. The van der Waals surface area contributed by atoms with Crippen molar-refractivity contribution in [1.82, 2.24) is 10.2 Å². The minimum Gasteiger partial charge on any atom is -0.338 e. The van der Waals surface area contributed by atoms with E-state index in [4.69, 9.17) is 0 Å². The van der Waals surface area contributed by atoms with Gasteiger partial charge in [0, 0.05) is 30.6 Å². The van der Waals surface area contributed by atoms with Crippen LogP contribution in [0.3, 0.4) is 0 Å². The molecule has 1 amide bonds. The Kier molecular flexibility index (Phi) is 3.11. The van der Waals surface area contributed by atoms with Gasteiger partial charge in [-0.05, 0) is 31.6 Å². The summed E-state index contributed by atoms with van der Waals surface area (Å²) < 4.78 is 0. The monoisotopic (exact) mass is 240 g/mol. The minimum atomic E-state index is 0.0955. The zero-order valence-corrected chi connectivity index (χ0v) is 10.5. The smallest absolute Gasteiger partial charge is 0.240 e. The van der Waals surface area contributed by atoms with Crippen LogP contribution in [0.1, 0.15) is 25.7 Å². The molecule has 3 fully saturated rings. The van der Waals surface area contributed by atoms with Crippen molar-refractivity contribution in [1.29, 1.82) is 0 Å². The van der Waals surface area contributed by atoms with E-state index in [9.17, 15) is 4.79 Å². The molecule has 1 atom stereocenters. The average Bonchev–Trinajstić information content (AvgIpc) is 3.16. The largest absolute Gasteiger partial charge is 0.338 e. The zero-order chi connectivity index (χ0) is 11.0. The predicted octanol–water partition coefficient (Wildman–Crippen LogP) is 1.09. The maximum Gasteiger partial charge on any atom is 0.240 e. The Balaban J connectivity index is 1.59. The first kappa shape index (κ1) is 10.9. The molecule has 1 N–H and O–H groups in total. The van der Waals surface area contributed by atoms with E-state index in [-0.39, 0.29) is 6.04 Å². The van der Waals surface area contributed by atoms with E-state index >= 15 is 0 Å². The highest BCUT2D eigenvalue weighted by Gasteiger charge is 2.39. The number of amides is 1. The highest BCUT2D eigenvalue weighted by molar-refractivity contribution is 7.99. The van der Waals surface area contributed by atoms with Crippen molar-refractivity contribution >= 4 is 17.7 Å². The predicted molar refractivity (Wildman–Crippen MR) is 66.6 cm³/mol. The van der Waals surface area contributed by atoms with Crippen LogP contribution in [-0.4, -0.2) is 47.5 Å². The maximum absolute atomic E-state index is 12.4. The fourth-order valence-corrected chi connectivity index (χ4v) is 3.23. The van der Waals surface area contributed by atoms with Gasteiger partial charge in [0.25, 0.3) is 0 Å². The molecule has 1 saturated heterocycles. The van der Waals surface area contributed by atoms with Crippen molar-refractivity contribution in [2.75, 3.05) is 24.6 Å². The standard InChI is InChI=1S/C12H20N2OS/c15-12(11-8-16-6-5-13-11)14(10-3-4-10)7-9-1-2-9/h9-11,13H,1-8H2. The minimum absolute atomic E-state index is 0.0955. The van der Waals surface area contributed by atoms with Gasteiger partial charge in [0.05, 0.1) is 6.04 Å². The highest BCUT2D eigenvalue weighted by Crippen LogP contribution is 2.35. The summed E-state index contributed by atoms with van der Waals surface area (Å²) in [6.07, 6.45) is 5.14. The third-order valence-electron chi connectivity index (χ3n) is 3.64. The number of hydrogen-bond acceptors (Lipinski definition) is 3. The van der Waals surface area contributed by atoms with Crippen LogP contribution in [0.4, 0.5) is 0 Å². The molecule has 3 rings (SSSR count). The number of rotatable bonds is 4. The lowest BCUT2D eigenvalue weighted by Crippen LogP contribution is -2.51. The van der Waals surface area contributed by atoms with Crippen LogP contribution < -0.4 is 5.32 Å². The van der Waals surface area contributed by atoms with Gasteiger partial charge in [0.2, 0.25) is 5.91 Å². The number of carbonyl (C=O) groups excluding carboxylic acids is 1. The molecule has 0 radical (unpaired) electrons. The average molecular weight is 240 g/mol. The first-order valence-electron chi connectivity index (χ1n) is 6.46. The van der Waals surface area contributed by atoms with Crippen molar-refractivity contribution in [3.63, 3.8) is 0 Å². The van der Waals surface area contributed by atoms with Gasteiger partial charge in [0.1, 0.15) is 0 Å². The molecule has 0 aromatic carbocycles. The van der Waals surface area contributed by atoms with Gasteiger partial charge >= 0.3 is 0 Å². The maximum atomic E-state index is 12.4. The molecule has 3 aliphatic rings. The van der Waals surface area contributed by atoms with Crippen LogP contribution in [-0.2, 0) is 4.79 Å². The molecular weight excluding hydrogens is 220 g/mol. The van der Waals surface area contributed by atoms with E-state index < -0.39 is 0 Å². The molecule has 90 valence electrons. The highest BCUT2D eigenvalue weighted by atomic mass is 32.2. The van der Waals surface area contributed by atoms with E-state index in [2.05, 4.69) is 10.2 Å². The van der Waals surface area contributed by atoms with E-state index in [1.807, 2.05) is 11.8 Å². The quantitative estimate of drug-likeness (QED) is 0.798. The van der Waals surface area contributed by atoms with Crippen LogP contribution in [0, 0.1) is 5.92 Å². The molecule has 1 aliphatic heterocycles. The van der Waals surface area contributed by atoms with Gasteiger partial charge in [0.15, 0.2) is 0 Å². The molecule has 0 aromatic rings. The molecule has 4 heteroatoms. The number of thioether (sulfide) groups is 1. The van der Waals surface area contributed by atoms with E-state index in [1.165, 1.54) is 25.7 Å². The molecular formula is C12H20N2OS. The normalized spacial score (nSPS) is 30.1. The number of nitrogens with one attached hydrogen (secondary N) is 1. The fraction of sp³-hybridized carbons (Fsp3) is 0.917. The van der Waals surface area contributed by atoms with E-state index in [1.54, 1.807) is 0 Å². The van der Waals surface area contributed by atoms with Crippen LogP contribution in [0.2, 0.25) is 0 Å². The summed E-state index contributed by atoms with van der Waals surface area (Å²) in [5, 5.41) is 3.36. The van der Waals surface area contributed by atoms with E-state index in [0.717, 1.165) is 30.5 Å². The molecule has 0 bridgehead atoms. The van der Waals surface area contributed by atoms with Crippen molar-refractivity contribution < 1.29 is 4.79 Å². The number of carbonyl (C=O) groups is 1. The third kappa shape index (κ3) is 2.54. The Morgan fingerprint density at radius 3 is 2.69 bits per heavy atom. The van der Waals surface area contributed by atoms with E-state index in [0.29, 0.717) is 11.9 Å². The van der Waals surface area contributed by atoms with Gasteiger partial charge in [-0.25, -0.2) is 0 Å². The summed E-state index contributed by atoms with van der Waals surface area (Å²) in [5.74, 6) is 3.31. The molecule has 1 heterocycles. The second-order valence-corrected chi connectivity index (χ2v) is 6.40. The van der Waals surface area contributed by atoms with Crippen LogP contribution in [0.25, 0.3) is 0 Å². The van der Waals surface area contributed by atoms with Crippen LogP contribution >= 0.6 is 11.8 Å². The summed E-state index contributed by atoms with van der Waals surface area (Å²) in [6, 6.07) is 0.680.